The van der Waals surface area contributed by atoms with Crippen molar-refractivity contribution in [1.29, 1.82) is 0 Å². The zero-order valence-electron chi connectivity index (χ0n) is 10.7. The zero-order valence-corrected chi connectivity index (χ0v) is 11.7. The molecule has 0 aromatic heterocycles. The van der Waals surface area contributed by atoms with Gasteiger partial charge in [-0.25, -0.2) is 4.79 Å². The molecule has 0 radical (unpaired) electrons. The van der Waals surface area contributed by atoms with Crippen LogP contribution in [-0.4, -0.2) is 21.4 Å². The minimum atomic E-state index is -1.80. The summed E-state index contributed by atoms with van der Waals surface area (Å²) in [6.07, 6.45) is 3.18. The van der Waals surface area contributed by atoms with Gasteiger partial charge in [-0.15, -0.1) is 0 Å². The number of methoxy groups -OCH3 is 1. The maximum atomic E-state index is 11.5. The molecule has 0 amide bonds. The molecule has 0 aliphatic carbocycles. The fourth-order valence-corrected chi connectivity index (χ4v) is 1.92. The molecule has 4 heteroatoms. The monoisotopic (exact) mass is 250 g/mol. The number of carbonyl (C=O) groups is 1. The maximum absolute atomic E-state index is 11.5. The standard InChI is InChI=1S/C13H18O3Si/c1-15-12-7-5-6-11(10-12)8-9-13(14)16-17(2,3)4/h5-10H,1-4H3/b9-8+. The van der Waals surface area contributed by atoms with E-state index >= 15 is 0 Å². The first-order chi connectivity index (χ1) is 7.90. The van der Waals surface area contributed by atoms with E-state index in [9.17, 15) is 4.79 Å². The quantitative estimate of drug-likeness (QED) is 0.608. The van der Waals surface area contributed by atoms with Crippen molar-refractivity contribution in [2.75, 3.05) is 7.11 Å². The molecule has 0 atom stereocenters. The van der Waals surface area contributed by atoms with Gasteiger partial charge >= 0.3 is 5.97 Å². The lowest BCUT2D eigenvalue weighted by Crippen LogP contribution is -2.28. The average molecular weight is 250 g/mol. The Labute approximate surface area is 103 Å². The summed E-state index contributed by atoms with van der Waals surface area (Å²) in [6, 6.07) is 7.50. The summed E-state index contributed by atoms with van der Waals surface area (Å²) in [5.74, 6) is 0.484. The molecule has 1 rings (SSSR count). The summed E-state index contributed by atoms with van der Waals surface area (Å²) in [7, 11) is -0.188. The normalized spacial score (nSPS) is 11.5. The van der Waals surface area contributed by atoms with Crippen molar-refractivity contribution in [2.24, 2.45) is 0 Å². The Morgan fingerprint density at radius 1 is 1.29 bits per heavy atom. The van der Waals surface area contributed by atoms with Crippen LogP contribution in [-0.2, 0) is 9.22 Å². The smallest absolute Gasteiger partial charge is 0.317 e. The lowest BCUT2D eigenvalue weighted by atomic mass is 10.2. The minimum Gasteiger partial charge on any atom is -0.517 e. The van der Waals surface area contributed by atoms with Gasteiger partial charge in [-0.1, -0.05) is 12.1 Å². The Balaban J connectivity index is 2.67. The van der Waals surface area contributed by atoms with Crippen LogP contribution in [0.4, 0.5) is 0 Å². The Hall–Kier alpha value is -1.55. The Bertz CT molecular complexity index is 419. The van der Waals surface area contributed by atoms with Crippen LogP contribution in [0.5, 0.6) is 5.75 Å². The summed E-state index contributed by atoms with van der Waals surface area (Å²) in [6.45, 7) is 5.93. The van der Waals surface area contributed by atoms with E-state index in [0.29, 0.717) is 0 Å². The van der Waals surface area contributed by atoms with Gasteiger partial charge in [0, 0.05) is 6.08 Å². The number of carbonyl (C=O) groups excluding carboxylic acids is 1. The van der Waals surface area contributed by atoms with Crippen molar-refractivity contribution in [3.8, 4) is 5.75 Å². The molecule has 92 valence electrons. The van der Waals surface area contributed by atoms with Crippen LogP contribution in [0.3, 0.4) is 0 Å². The van der Waals surface area contributed by atoms with Crippen molar-refractivity contribution in [3.63, 3.8) is 0 Å². The van der Waals surface area contributed by atoms with Crippen LogP contribution in [0.15, 0.2) is 30.3 Å². The SMILES string of the molecule is COc1cccc(/C=C/C(=O)O[Si](C)(C)C)c1. The minimum absolute atomic E-state index is 0.285. The molecular weight excluding hydrogens is 232 g/mol. The van der Waals surface area contributed by atoms with Crippen LogP contribution in [0.1, 0.15) is 5.56 Å². The maximum Gasteiger partial charge on any atom is 0.317 e. The molecule has 0 heterocycles. The van der Waals surface area contributed by atoms with Gasteiger partial charge in [-0.2, -0.15) is 0 Å². The highest BCUT2D eigenvalue weighted by atomic mass is 28.4. The van der Waals surface area contributed by atoms with Crippen LogP contribution in [0, 0.1) is 0 Å². The molecule has 1 aromatic rings. The van der Waals surface area contributed by atoms with Crippen LogP contribution >= 0.6 is 0 Å². The highest BCUT2D eigenvalue weighted by Gasteiger charge is 2.18. The van der Waals surface area contributed by atoms with Crippen molar-refractivity contribution < 1.29 is 14.0 Å². The van der Waals surface area contributed by atoms with Gasteiger partial charge in [0.2, 0.25) is 8.32 Å². The Morgan fingerprint density at radius 3 is 2.59 bits per heavy atom. The number of rotatable bonds is 4. The van der Waals surface area contributed by atoms with E-state index in [4.69, 9.17) is 9.16 Å². The second-order valence-electron chi connectivity index (χ2n) is 4.64. The van der Waals surface area contributed by atoms with Gasteiger partial charge in [-0.05, 0) is 43.4 Å². The highest BCUT2D eigenvalue weighted by molar-refractivity contribution is 6.71. The van der Waals surface area contributed by atoms with E-state index in [1.807, 2.05) is 43.9 Å². The second-order valence-corrected chi connectivity index (χ2v) is 9.07. The molecule has 0 N–H and O–H groups in total. The highest BCUT2D eigenvalue weighted by Crippen LogP contribution is 2.14. The fourth-order valence-electron chi connectivity index (χ4n) is 1.25. The molecular formula is C13H18O3Si. The van der Waals surface area contributed by atoms with E-state index in [1.54, 1.807) is 13.2 Å². The first-order valence-electron chi connectivity index (χ1n) is 5.46. The predicted molar refractivity (Wildman–Crippen MR) is 71.5 cm³/mol. The number of hydrogen-bond acceptors (Lipinski definition) is 3. The van der Waals surface area contributed by atoms with Crippen molar-refractivity contribution >= 4 is 20.4 Å². The van der Waals surface area contributed by atoms with Crippen LogP contribution < -0.4 is 4.74 Å². The lowest BCUT2D eigenvalue weighted by molar-refractivity contribution is -0.129. The third kappa shape index (κ3) is 5.35. The third-order valence-electron chi connectivity index (χ3n) is 1.91. The first-order valence-corrected chi connectivity index (χ1v) is 8.87. The van der Waals surface area contributed by atoms with E-state index in [-0.39, 0.29) is 5.97 Å². The fraction of sp³-hybridized carbons (Fsp3) is 0.308. The lowest BCUT2D eigenvalue weighted by Gasteiger charge is -2.15. The molecule has 3 nitrogen and oxygen atoms in total. The van der Waals surface area contributed by atoms with E-state index < -0.39 is 8.32 Å². The van der Waals surface area contributed by atoms with Gasteiger partial charge < -0.3 is 9.16 Å². The Morgan fingerprint density at radius 2 is 2.00 bits per heavy atom. The van der Waals surface area contributed by atoms with Crippen molar-refractivity contribution in [3.05, 3.63) is 35.9 Å². The van der Waals surface area contributed by atoms with Gasteiger partial charge in [0.25, 0.3) is 0 Å². The van der Waals surface area contributed by atoms with Crippen molar-refractivity contribution in [1.82, 2.24) is 0 Å². The van der Waals surface area contributed by atoms with Gasteiger partial charge in [-0.3, -0.25) is 0 Å². The number of hydrogen-bond donors (Lipinski definition) is 0. The zero-order chi connectivity index (χ0) is 12.9. The molecule has 0 saturated carbocycles. The van der Waals surface area contributed by atoms with E-state index in [1.165, 1.54) is 6.08 Å². The van der Waals surface area contributed by atoms with E-state index in [0.717, 1.165) is 11.3 Å². The average Bonchev–Trinajstić information content (AvgIpc) is 2.24. The molecule has 0 spiro atoms. The number of ether oxygens (including phenoxy) is 1. The molecule has 0 unspecified atom stereocenters. The van der Waals surface area contributed by atoms with Gasteiger partial charge in [0.1, 0.15) is 5.75 Å². The molecule has 0 saturated heterocycles. The first kappa shape index (κ1) is 13.5. The molecule has 1 aromatic carbocycles. The number of benzene rings is 1. The molecule has 0 aliphatic rings. The summed E-state index contributed by atoms with van der Waals surface area (Å²) >= 11 is 0. The van der Waals surface area contributed by atoms with Gasteiger partial charge in [0.05, 0.1) is 7.11 Å². The molecule has 0 aliphatic heterocycles. The van der Waals surface area contributed by atoms with Gasteiger partial charge in [0.15, 0.2) is 0 Å². The van der Waals surface area contributed by atoms with Crippen LogP contribution in [0.25, 0.3) is 6.08 Å². The van der Waals surface area contributed by atoms with E-state index in [2.05, 4.69) is 0 Å². The Kier molecular flexibility index (Phi) is 4.51. The molecule has 0 bridgehead atoms. The van der Waals surface area contributed by atoms with Crippen molar-refractivity contribution in [2.45, 2.75) is 19.6 Å². The molecule has 0 fully saturated rings. The molecule has 17 heavy (non-hydrogen) atoms. The summed E-state index contributed by atoms with van der Waals surface area (Å²) in [5, 5.41) is 0. The summed E-state index contributed by atoms with van der Waals surface area (Å²) < 4.78 is 10.4. The van der Waals surface area contributed by atoms with Crippen LogP contribution in [0.2, 0.25) is 19.6 Å². The summed E-state index contributed by atoms with van der Waals surface area (Å²) in [4.78, 5) is 11.5. The largest absolute Gasteiger partial charge is 0.517 e. The second kappa shape index (κ2) is 5.68. The predicted octanol–water partition coefficient (Wildman–Crippen LogP) is 3.09. The topological polar surface area (TPSA) is 35.5 Å². The third-order valence-corrected chi connectivity index (χ3v) is 2.73. The summed E-state index contributed by atoms with van der Waals surface area (Å²) in [5.41, 5.74) is 0.914.